The van der Waals surface area contributed by atoms with E-state index >= 15 is 0 Å². The van der Waals surface area contributed by atoms with Gasteiger partial charge in [-0.05, 0) is 33.1 Å². The molecule has 51 heavy (non-hydrogen) atoms. The Bertz CT molecular complexity index is 1750. The van der Waals surface area contributed by atoms with Gasteiger partial charge >= 0.3 is 26.2 Å². The minimum atomic E-state index is -2.26. The molecule has 4 rings (SSSR count). The monoisotopic (exact) mass is 844 g/mol. The maximum Gasteiger partial charge on any atom is 4.00 e. The van der Waals surface area contributed by atoms with E-state index in [4.69, 9.17) is 0 Å². The first-order valence-corrected chi connectivity index (χ1v) is 13.8. The van der Waals surface area contributed by atoms with Gasteiger partial charge < -0.3 is 35.0 Å². The largest absolute Gasteiger partial charge is 4.00 e. The van der Waals surface area contributed by atoms with Crippen molar-refractivity contribution >= 4 is 23.8 Å². The summed E-state index contributed by atoms with van der Waals surface area (Å²) in [6, 6.07) is 8.96. The zero-order valence-corrected chi connectivity index (χ0v) is 31.3. The van der Waals surface area contributed by atoms with Crippen LogP contribution in [-0.2, 0) is 37.0 Å². The molecule has 0 radical (unpaired) electrons. The molecule has 0 aliphatic rings. The van der Waals surface area contributed by atoms with Crippen LogP contribution < -0.4 is 35.0 Å². The second-order valence-corrected chi connectivity index (χ2v) is 12.3. The molecule has 0 aliphatic heterocycles. The topological polar surface area (TPSA) is 70.8 Å². The number of nitrogens with zero attached hydrogens (tertiary/aromatic N) is 2. The zero-order valence-electron chi connectivity index (χ0n) is 27.4. The number of halogens is 12. The van der Waals surface area contributed by atoms with Gasteiger partial charge in [0, 0.05) is 12.4 Å². The average molecular weight is 847 g/mol. The van der Waals surface area contributed by atoms with Crippen LogP contribution in [-0.4, -0.2) is 12.4 Å². The maximum atomic E-state index is 13.6. The van der Waals surface area contributed by atoms with Gasteiger partial charge in [-0.25, -0.2) is 53.9 Å². The number of hydrogen-bond acceptors (Lipinski definition) is 4. The van der Waals surface area contributed by atoms with Crippen molar-refractivity contribution in [3.63, 3.8) is 0 Å². The number of aliphatic imine (C=N–C) groups is 2. The van der Waals surface area contributed by atoms with Crippen LogP contribution in [0.25, 0.3) is 0 Å². The summed E-state index contributed by atoms with van der Waals surface area (Å²) in [6.45, 7) is 10.8. The summed E-state index contributed by atoms with van der Waals surface area (Å²) in [5.74, 6) is -22.0. The minimum Gasteiger partial charge on any atom is -1.00 e. The van der Waals surface area contributed by atoms with Crippen LogP contribution in [0.4, 0.5) is 55.3 Å². The molecule has 272 valence electrons. The van der Waals surface area contributed by atoms with Crippen LogP contribution in [0.3, 0.4) is 0 Å². The summed E-state index contributed by atoms with van der Waals surface area (Å²) in [6.07, 6.45) is 1.58. The van der Waals surface area contributed by atoms with Crippen LogP contribution >= 0.6 is 0 Å². The third kappa shape index (κ3) is 10.4. The van der Waals surface area contributed by atoms with Crippen LogP contribution in [0.5, 0.6) is 11.5 Å². The van der Waals surface area contributed by atoms with E-state index in [-0.39, 0.29) is 62.1 Å². The average Bonchev–Trinajstić information content (AvgIpc) is 3.01. The van der Waals surface area contributed by atoms with Crippen molar-refractivity contribution in [2.75, 3.05) is 0 Å². The predicted octanol–water partition coefficient (Wildman–Crippen LogP) is 3.01. The molecular weight excluding hydrogens is 820 g/mol. The zero-order chi connectivity index (χ0) is 36.5. The molecule has 0 amide bonds. The standard InChI is InChI=1S/2C17H14F5NO.2ClH.Zr/c2*1-17(2,3)9-6-4-5-8(16(9)24)7-23-15-13(21)11(19)10(18)12(20)14(15)22;;;/h2*4-7,24H,1-3H3;2*1H;/q;;;;+4/p-4. The Morgan fingerprint density at radius 1 is 0.451 bits per heavy atom. The Morgan fingerprint density at radius 2 is 0.686 bits per heavy atom. The summed E-state index contributed by atoms with van der Waals surface area (Å²) in [4.78, 5) is 6.60. The summed E-state index contributed by atoms with van der Waals surface area (Å²) < 4.78 is 133. The first-order chi connectivity index (χ1) is 22.1. The third-order valence-electron chi connectivity index (χ3n) is 6.75. The summed E-state index contributed by atoms with van der Waals surface area (Å²) >= 11 is 0. The molecule has 0 aliphatic carbocycles. The summed E-state index contributed by atoms with van der Waals surface area (Å²) in [5, 5.41) is 24.6. The molecule has 4 nitrogen and oxygen atoms in total. The Balaban J connectivity index is 0.000000926. The van der Waals surface area contributed by atoms with E-state index in [1.165, 1.54) is 12.1 Å². The Kier molecular flexibility index (Phi) is 17.1. The SMILES string of the molecule is CC(C)(C)c1cccc(C=Nc2c(F)c(F)c(F)c(F)c2F)c1[O-].CC(C)(C)c1cccc(C=Nc2c(F)c(F)c(F)c(F)c2F)c1[O-].[Cl-].[Cl-].[Zr+4]. The van der Waals surface area contributed by atoms with Crippen molar-refractivity contribution < 1.29 is 105 Å². The van der Waals surface area contributed by atoms with Crippen LogP contribution in [0.2, 0.25) is 0 Å². The van der Waals surface area contributed by atoms with Gasteiger partial charge in [0.2, 0.25) is 11.6 Å². The fourth-order valence-corrected chi connectivity index (χ4v) is 4.18. The fourth-order valence-electron chi connectivity index (χ4n) is 4.18. The first-order valence-electron chi connectivity index (χ1n) is 13.8. The summed E-state index contributed by atoms with van der Waals surface area (Å²) in [5.41, 5.74) is -2.82. The minimum absolute atomic E-state index is 0. The van der Waals surface area contributed by atoms with Gasteiger partial charge in [-0.1, -0.05) is 89.4 Å². The molecule has 4 aromatic rings. The van der Waals surface area contributed by atoms with Gasteiger partial charge in [-0.3, -0.25) is 0 Å². The second kappa shape index (κ2) is 18.4. The van der Waals surface area contributed by atoms with E-state index in [1.807, 2.05) is 0 Å². The summed E-state index contributed by atoms with van der Waals surface area (Å²) in [7, 11) is 0. The molecule has 0 aromatic heterocycles. The van der Waals surface area contributed by atoms with Crippen LogP contribution in [0.15, 0.2) is 46.4 Å². The van der Waals surface area contributed by atoms with Crippen molar-refractivity contribution in [1.29, 1.82) is 0 Å². The number of para-hydroxylation sites is 2. The van der Waals surface area contributed by atoms with E-state index < -0.39 is 91.9 Å². The number of rotatable bonds is 4. The molecule has 4 aromatic carbocycles. The van der Waals surface area contributed by atoms with E-state index in [2.05, 4.69) is 9.98 Å². The van der Waals surface area contributed by atoms with Gasteiger partial charge in [-0.15, -0.1) is 0 Å². The Hall–Kier alpha value is -3.42. The van der Waals surface area contributed by atoms with Gasteiger partial charge in [-0.2, -0.15) is 0 Å². The number of hydrogen-bond donors (Lipinski definition) is 0. The smallest absolute Gasteiger partial charge is 1.00 e. The van der Waals surface area contributed by atoms with Crippen molar-refractivity contribution in [1.82, 2.24) is 0 Å². The van der Waals surface area contributed by atoms with Gasteiger partial charge in [0.05, 0.1) is 0 Å². The fraction of sp³-hybridized carbons (Fsp3) is 0.235. The molecule has 0 N–H and O–H groups in total. The predicted molar refractivity (Wildman–Crippen MR) is 156 cm³/mol. The molecule has 0 bridgehead atoms. The van der Waals surface area contributed by atoms with E-state index in [0.717, 1.165) is 12.4 Å². The maximum absolute atomic E-state index is 13.6. The molecule has 0 saturated carbocycles. The normalized spacial score (nSPS) is 11.5. The molecule has 0 heterocycles. The van der Waals surface area contributed by atoms with Gasteiger partial charge in [0.25, 0.3) is 0 Å². The third-order valence-corrected chi connectivity index (χ3v) is 6.75. The van der Waals surface area contributed by atoms with Gasteiger partial charge in [0.1, 0.15) is 11.4 Å². The van der Waals surface area contributed by atoms with E-state index in [1.54, 1.807) is 65.8 Å². The molecule has 17 heteroatoms. The Morgan fingerprint density at radius 3 is 0.922 bits per heavy atom. The molecule has 0 atom stereocenters. The van der Waals surface area contributed by atoms with Crippen molar-refractivity contribution in [2.24, 2.45) is 9.98 Å². The first kappa shape index (κ1) is 47.6. The van der Waals surface area contributed by atoms with E-state index in [9.17, 15) is 54.1 Å². The van der Waals surface area contributed by atoms with Crippen LogP contribution in [0.1, 0.15) is 63.8 Å². The second-order valence-electron chi connectivity index (χ2n) is 12.3. The number of benzene rings is 4. The quantitative estimate of drug-likeness (QED) is 0.137. The van der Waals surface area contributed by atoms with E-state index in [0.29, 0.717) is 11.1 Å². The van der Waals surface area contributed by atoms with Gasteiger partial charge in [0.15, 0.2) is 46.5 Å². The molecule has 0 saturated heterocycles. The van der Waals surface area contributed by atoms with Crippen molar-refractivity contribution in [2.45, 2.75) is 52.4 Å². The Labute approximate surface area is 318 Å². The molecule has 0 fully saturated rings. The molecular formula is C34H26Cl2F10N2O2Zr. The van der Waals surface area contributed by atoms with Crippen molar-refractivity contribution in [3.8, 4) is 11.5 Å². The van der Waals surface area contributed by atoms with Crippen LogP contribution in [0, 0.1) is 58.2 Å². The molecule has 0 unspecified atom stereocenters. The molecule has 0 spiro atoms. The van der Waals surface area contributed by atoms with Crippen molar-refractivity contribution in [3.05, 3.63) is 117 Å².